The number of imidazole rings is 1. The third kappa shape index (κ3) is 2.34. The Morgan fingerprint density at radius 2 is 1.87 bits per heavy atom. The molecule has 3 heterocycles. The van der Waals surface area contributed by atoms with Crippen LogP contribution in [0.5, 0.6) is 0 Å². The second kappa shape index (κ2) is 5.24. The summed E-state index contributed by atoms with van der Waals surface area (Å²) in [4.78, 5) is 31.8. The number of fused-ring (bicyclic) bond motifs is 2. The Bertz CT molecular complexity index is 1090. The first-order chi connectivity index (χ1) is 11.2. The molecule has 0 saturated heterocycles. The number of hydrogen-bond acceptors (Lipinski definition) is 3. The Kier molecular flexibility index (Phi) is 3.08. The maximum absolute atomic E-state index is 12.5. The number of rotatable bonds is 3. The number of nitrogens with zero attached hydrogens (tertiary/aromatic N) is 3. The zero-order valence-corrected chi connectivity index (χ0v) is 12.3. The third-order valence-electron chi connectivity index (χ3n) is 3.89. The lowest BCUT2D eigenvalue weighted by Gasteiger charge is -2.05. The summed E-state index contributed by atoms with van der Waals surface area (Å²) >= 11 is 0. The molecule has 0 atom stereocenters. The molecule has 0 aliphatic rings. The summed E-state index contributed by atoms with van der Waals surface area (Å²) in [6.45, 7) is 0.295. The van der Waals surface area contributed by atoms with Crippen molar-refractivity contribution in [3.05, 3.63) is 81.4 Å². The smallest absolute Gasteiger partial charge is 0.307 e. The molecule has 6 heteroatoms. The van der Waals surface area contributed by atoms with Crippen LogP contribution in [0.4, 0.5) is 0 Å². The Hall–Kier alpha value is -3.15. The number of aryl methyl sites for hydroxylation is 1. The Balaban J connectivity index is 1.70. The second-order valence-electron chi connectivity index (χ2n) is 5.38. The molecule has 1 aromatic carbocycles. The summed E-state index contributed by atoms with van der Waals surface area (Å²) in [5.74, 6) is 0. The molecular weight excluding hydrogens is 292 g/mol. The van der Waals surface area contributed by atoms with Gasteiger partial charge in [0, 0.05) is 25.4 Å². The van der Waals surface area contributed by atoms with Gasteiger partial charge in [-0.15, -0.1) is 0 Å². The summed E-state index contributed by atoms with van der Waals surface area (Å²) in [6, 6.07) is 12.8. The molecule has 23 heavy (non-hydrogen) atoms. The van der Waals surface area contributed by atoms with E-state index in [4.69, 9.17) is 0 Å². The maximum Gasteiger partial charge on any atom is 0.328 e. The number of hydrogen-bond donors (Lipinski definition) is 1. The van der Waals surface area contributed by atoms with Crippen molar-refractivity contribution in [3.63, 3.8) is 0 Å². The first-order valence-electron chi connectivity index (χ1n) is 7.37. The standard InChI is InChI=1S/C17H14N4O2/c22-16-13-5-1-2-6-14(13)19-17(23)21(16)10-8-12-11-20-9-4-3-7-15(20)18-12/h1-7,9,11H,8,10H2,(H,19,23). The molecule has 114 valence electrons. The molecule has 3 aromatic heterocycles. The first-order valence-corrected chi connectivity index (χ1v) is 7.37. The fraction of sp³-hybridized carbons (Fsp3) is 0.118. The van der Waals surface area contributed by atoms with Crippen molar-refractivity contribution in [2.45, 2.75) is 13.0 Å². The number of pyridine rings is 1. The van der Waals surface area contributed by atoms with E-state index >= 15 is 0 Å². The highest BCUT2D eigenvalue weighted by molar-refractivity contribution is 5.76. The van der Waals surface area contributed by atoms with Crippen LogP contribution in [0.25, 0.3) is 16.6 Å². The van der Waals surface area contributed by atoms with Crippen molar-refractivity contribution in [1.82, 2.24) is 18.9 Å². The topological polar surface area (TPSA) is 72.2 Å². The number of benzene rings is 1. The number of aromatic nitrogens is 4. The normalized spacial score (nSPS) is 11.3. The van der Waals surface area contributed by atoms with Gasteiger partial charge in [-0.2, -0.15) is 0 Å². The molecule has 0 bridgehead atoms. The SMILES string of the molecule is O=c1[nH]c2ccccc2c(=O)n1CCc1cn2ccccc2n1. The lowest BCUT2D eigenvalue weighted by Crippen LogP contribution is -2.35. The van der Waals surface area contributed by atoms with Crippen LogP contribution in [-0.2, 0) is 13.0 Å². The van der Waals surface area contributed by atoms with Crippen LogP contribution in [0, 0.1) is 0 Å². The molecule has 0 fully saturated rings. The monoisotopic (exact) mass is 306 g/mol. The summed E-state index contributed by atoms with van der Waals surface area (Å²) in [6.07, 6.45) is 4.35. The van der Waals surface area contributed by atoms with E-state index < -0.39 is 5.69 Å². The van der Waals surface area contributed by atoms with Crippen LogP contribution in [0.15, 0.2) is 64.4 Å². The molecule has 0 aliphatic carbocycles. The van der Waals surface area contributed by atoms with Crippen LogP contribution in [0.1, 0.15) is 5.69 Å². The van der Waals surface area contributed by atoms with E-state index in [1.807, 2.05) is 35.0 Å². The lowest BCUT2D eigenvalue weighted by molar-refractivity contribution is 0.630. The molecular formula is C17H14N4O2. The van der Waals surface area contributed by atoms with E-state index in [9.17, 15) is 9.59 Å². The number of H-pyrrole nitrogens is 1. The van der Waals surface area contributed by atoms with E-state index in [1.54, 1.807) is 24.3 Å². The first kappa shape index (κ1) is 13.5. The van der Waals surface area contributed by atoms with Crippen LogP contribution in [0.3, 0.4) is 0 Å². The predicted octanol–water partition coefficient (Wildman–Crippen LogP) is 1.58. The molecule has 0 radical (unpaired) electrons. The zero-order valence-electron chi connectivity index (χ0n) is 12.3. The van der Waals surface area contributed by atoms with Crippen molar-refractivity contribution >= 4 is 16.6 Å². The van der Waals surface area contributed by atoms with Gasteiger partial charge in [0.15, 0.2) is 0 Å². The van der Waals surface area contributed by atoms with Crippen LogP contribution < -0.4 is 11.2 Å². The Morgan fingerprint density at radius 3 is 2.74 bits per heavy atom. The van der Waals surface area contributed by atoms with Gasteiger partial charge in [0.1, 0.15) is 5.65 Å². The van der Waals surface area contributed by atoms with Crippen LogP contribution >= 0.6 is 0 Å². The summed E-state index contributed by atoms with van der Waals surface area (Å²) < 4.78 is 3.15. The van der Waals surface area contributed by atoms with E-state index in [0.717, 1.165) is 11.3 Å². The average Bonchev–Trinajstić information content (AvgIpc) is 2.97. The maximum atomic E-state index is 12.5. The fourth-order valence-corrected chi connectivity index (χ4v) is 2.74. The van der Waals surface area contributed by atoms with E-state index in [0.29, 0.717) is 23.9 Å². The van der Waals surface area contributed by atoms with Crippen molar-refractivity contribution < 1.29 is 0 Å². The molecule has 0 amide bonds. The van der Waals surface area contributed by atoms with Gasteiger partial charge in [-0.3, -0.25) is 9.36 Å². The van der Waals surface area contributed by atoms with Gasteiger partial charge in [-0.1, -0.05) is 18.2 Å². The lowest BCUT2D eigenvalue weighted by atomic mass is 10.2. The van der Waals surface area contributed by atoms with Crippen LogP contribution in [-0.4, -0.2) is 18.9 Å². The van der Waals surface area contributed by atoms with E-state index in [-0.39, 0.29) is 5.56 Å². The number of para-hydroxylation sites is 1. The van der Waals surface area contributed by atoms with Gasteiger partial charge in [-0.25, -0.2) is 9.78 Å². The largest absolute Gasteiger partial charge is 0.328 e. The summed E-state index contributed by atoms with van der Waals surface area (Å²) in [5.41, 5.74) is 1.59. The average molecular weight is 306 g/mol. The summed E-state index contributed by atoms with van der Waals surface area (Å²) in [5, 5.41) is 0.516. The van der Waals surface area contributed by atoms with E-state index in [2.05, 4.69) is 9.97 Å². The molecule has 0 saturated carbocycles. The third-order valence-corrected chi connectivity index (χ3v) is 3.89. The molecule has 6 nitrogen and oxygen atoms in total. The molecule has 1 N–H and O–H groups in total. The van der Waals surface area contributed by atoms with Crippen molar-refractivity contribution in [2.24, 2.45) is 0 Å². The Morgan fingerprint density at radius 1 is 1.04 bits per heavy atom. The quantitative estimate of drug-likeness (QED) is 0.624. The molecule has 0 spiro atoms. The zero-order chi connectivity index (χ0) is 15.8. The summed E-state index contributed by atoms with van der Waals surface area (Å²) in [7, 11) is 0. The van der Waals surface area contributed by atoms with E-state index in [1.165, 1.54) is 4.57 Å². The second-order valence-corrected chi connectivity index (χ2v) is 5.38. The highest BCUT2D eigenvalue weighted by Crippen LogP contribution is 2.06. The predicted molar refractivity (Wildman–Crippen MR) is 87.7 cm³/mol. The molecule has 4 rings (SSSR count). The number of aromatic amines is 1. The molecule has 4 aromatic rings. The van der Waals surface area contributed by atoms with Gasteiger partial charge in [0.25, 0.3) is 5.56 Å². The minimum atomic E-state index is -0.391. The van der Waals surface area contributed by atoms with Gasteiger partial charge in [-0.05, 0) is 24.3 Å². The fourth-order valence-electron chi connectivity index (χ4n) is 2.74. The highest BCUT2D eigenvalue weighted by atomic mass is 16.2. The Labute approximate surface area is 130 Å². The molecule has 0 aliphatic heterocycles. The van der Waals surface area contributed by atoms with Crippen molar-refractivity contribution in [2.75, 3.05) is 0 Å². The van der Waals surface area contributed by atoms with Crippen LogP contribution in [0.2, 0.25) is 0 Å². The molecule has 0 unspecified atom stereocenters. The van der Waals surface area contributed by atoms with Crippen molar-refractivity contribution in [1.29, 1.82) is 0 Å². The van der Waals surface area contributed by atoms with Gasteiger partial charge in [0.05, 0.1) is 16.6 Å². The highest BCUT2D eigenvalue weighted by Gasteiger charge is 2.08. The van der Waals surface area contributed by atoms with Crippen molar-refractivity contribution in [3.8, 4) is 0 Å². The van der Waals surface area contributed by atoms with Gasteiger partial charge in [0.2, 0.25) is 0 Å². The minimum absolute atomic E-state index is 0.270. The minimum Gasteiger partial charge on any atom is -0.307 e. The van der Waals surface area contributed by atoms with Gasteiger partial charge < -0.3 is 9.38 Å². The van der Waals surface area contributed by atoms with Gasteiger partial charge >= 0.3 is 5.69 Å². The number of nitrogens with one attached hydrogen (secondary N) is 1.